The van der Waals surface area contributed by atoms with Crippen LogP contribution in [0.3, 0.4) is 0 Å². The molecular formula is C20H25N3O4. The molecule has 7 nitrogen and oxygen atoms in total. The molecule has 0 spiro atoms. The van der Waals surface area contributed by atoms with Crippen LogP contribution in [0.4, 0.5) is 5.69 Å². The minimum atomic E-state index is -0.606. The first-order valence-electron chi connectivity index (χ1n) is 9.16. The van der Waals surface area contributed by atoms with Crippen LogP contribution in [0.2, 0.25) is 0 Å². The van der Waals surface area contributed by atoms with Crippen molar-refractivity contribution in [3.8, 4) is 5.75 Å². The summed E-state index contributed by atoms with van der Waals surface area (Å²) in [5.41, 5.74) is 0.509. The number of benzene rings is 1. The lowest BCUT2D eigenvalue weighted by Crippen LogP contribution is -2.37. The van der Waals surface area contributed by atoms with Crippen molar-refractivity contribution in [2.75, 3.05) is 38.2 Å². The fourth-order valence-electron chi connectivity index (χ4n) is 3.24. The number of pyridine rings is 1. The summed E-state index contributed by atoms with van der Waals surface area (Å²) in [4.78, 5) is 27.7. The summed E-state index contributed by atoms with van der Waals surface area (Å²) < 4.78 is 6.89. The van der Waals surface area contributed by atoms with E-state index in [1.165, 1.54) is 6.07 Å². The highest BCUT2D eigenvalue weighted by Crippen LogP contribution is 2.17. The van der Waals surface area contributed by atoms with E-state index >= 15 is 0 Å². The Kier molecular flexibility index (Phi) is 6.26. The van der Waals surface area contributed by atoms with Crippen LogP contribution < -0.4 is 10.9 Å². The van der Waals surface area contributed by atoms with E-state index < -0.39 is 11.5 Å². The van der Waals surface area contributed by atoms with Gasteiger partial charge in [-0.25, -0.2) is 0 Å². The van der Waals surface area contributed by atoms with Crippen LogP contribution in [0, 0.1) is 6.92 Å². The maximum absolute atomic E-state index is 12.8. The summed E-state index contributed by atoms with van der Waals surface area (Å²) in [6.07, 6.45) is 0.783. The summed E-state index contributed by atoms with van der Waals surface area (Å²) >= 11 is 0. The predicted molar refractivity (Wildman–Crippen MR) is 103 cm³/mol. The van der Waals surface area contributed by atoms with Gasteiger partial charge in [-0.1, -0.05) is 18.2 Å². The normalized spacial score (nSPS) is 14.9. The number of rotatable bonds is 6. The third kappa shape index (κ3) is 4.75. The van der Waals surface area contributed by atoms with Gasteiger partial charge in [0.15, 0.2) is 0 Å². The number of aromatic hydroxyl groups is 1. The number of anilines is 1. The number of aromatic nitrogens is 1. The van der Waals surface area contributed by atoms with Crippen molar-refractivity contribution in [3.05, 3.63) is 58.0 Å². The Balaban J connectivity index is 1.74. The quantitative estimate of drug-likeness (QED) is 0.810. The zero-order valence-corrected chi connectivity index (χ0v) is 15.5. The molecule has 1 aliphatic heterocycles. The van der Waals surface area contributed by atoms with E-state index in [-0.39, 0.29) is 11.3 Å². The lowest BCUT2D eigenvalue weighted by atomic mass is 10.2. The van der Waals surface area contributed by atoms with Gasteiger partial charge in [0.1, 0.15) is 11.3 Å². The molecule has 0 bridgehead atoms. The van der Waals surface area contributed by atoms with Gasteiger partial charge in [-0.15, -0.1) is 0 Å². The van der Waals surface area contributed by atoms with Gasteiger partial charge < -0.3 is 19.7 Å². The number of carbonyl (C=O) groups is 1. The molecule has 1 aromatic heterocycles. The molecule has 0 radical (unpaired) electrons. The number of nitrogens with zero attached hydrogens (tertiary/aromatic N) is 2. The molecule has 27 heavy (non-hydrogen) atoms. The molecular weight excluding hydrogens is 346 g/mol. The molecule has 2 heterocycles. The number of ether oxygens (including phenoxy) is 1. The van der Waals surface area contributed by atoms with E-state index in [0.717, 1.165) is 39.3 Å². The molecule has 0 aliphatic carbocycles. The Bertz CT molecular complexity index is 842. The lowest BCUT2D eigenvalue weighted by Gasteiger charge is -2.26. The number of amides is 1. The topological polar surface area (TPSA) is 83.8 Å². The van der Waals surface area contributed by atoms with Crippen molar-refractivity contribution in [3.63, 3.8) is 0 Å². The molecule has 2 N–H and O–H groups in total. The Morgan fingerprint density at radius 2 is 1.89 bits per heavy atom. The zero-order chi connectivity index (χ0) is 19.2. The molecule has 1 aliphatic rings. The van der Waals surface area contributed by atoms with Gasteiger partial charge in [0.05, 0.1) is 13.2 Å². The second-order valence-corrected chi connectivity index (χ2v) is 6.63. The molecule has 1 aromatic carbocycles. The van der Waals surface area contributed by atoms with Gasteiger partial charge >= 0.3 is 0 Å². The lowest BCUT2D eigenvalue weighted by molar-refractivity contribution is 0.0369. The van der Waals surface area contributed by atoms with Crippen molar-refractivity contribution in [2.24, 2.45) is 0 Å². The van der Waals surface area contributed by atoms with Crippen molar-refractivity contribution < 1.29 is 14.6 Å². The van der Waals surface area contributed by atoms with Crippen LogP contribution in [0.15, 0.2) is 41.2 Å². The van der Waals surface area contributed by atoms with E-state index in [9.17, 15) is 14.7 Å². The Labute approximate surface area is 158 Å². The molecule has 144 valence electrons. The maximum Gasteiger partial charge on any atom is 0.267 e. The molecule has 0 atom stereocenters. The van der Waals surface area contributed by atoms with E-state index in [1.54, 1.807) is 35.8 Å². The highest BCUT2D eigenvalue weighted by Gasteiger charge is 2.20. The summed E-state index contributed by atoms with van der Waals surface area (Å²) in [7, 11) is 0. The summed E-state index contributed by atoms with van der Waals surface area (Å²) in [6.45, 7) is 6.39. The fraction of sp³-hybridized carbons (Fsp3) is 0.400. The molecule has 0 unspecified atom stereocenters. The summed E-state index contributed by atoms with van der Waals surface area (Å²) in [5.74, 6) is -0.902. The second-order valence-electron chi connectivity index (χ2n) is 6.63. The zero-order valence-electron chi connectivity index (χ0n) is 15.5. The van der Waals surface area contributed by atoms with Crippen molar-refractivity contribution in [1.82, 2.24) is 9.47 Å². The second kappa shape index (κ2) is 8.83. The number of morpholine rings is 1. The van der Waals surface area contributed by atoms with E-state index in [4.69, 9.17) is 4.74 Å². The van der Waals surface area contributed by atoms with Crippen LogP contribution in [0.5, 0.6) is 5.75 Å². The van der Waals surface area contributed by atoms with Crippen LogP contribution >= 0.6 is 0 Å². The molecule has 2 aromatic rings. The average molecular weight is 371 g/mol. The maximum atomic E-state index is 12.8. The third-order valence-corrected chi connectivity index (χ3v) is 4.71. The minimum absolute atomic E-state index is 0.226. The first kappa shape index (κ1) is 19.1. The number of hydrogen-bond acceptors (Lipinski definition) is 5. The third-order valence-electron chi connectivity index (χ3n) is 4.71. The first-order valence-corrected chi connectivity index (χ1v) is 9.16. The summed E-state index contributed by atoms with van der Waals surface area (Å²) in [5, 5.41) is 12.8. The van der Waals surface area contributed by atoms with Gasteiger partial charge in [0, 0.05) is 43.6 Å². The highest BCUT2D eigenvalue weighted by molar-refractivity contribution is 6.05. The number of para-hydroxylation sites is 1. The number of carbonyl (C=O) groups excluding carboxylic acids is 1. The minimum Gasteiger partial charge on any atom is -0.507 e. The average Bonchev–Trinajstić information content (AvgIpc) is 2.66. The molecule has 0 saturated carbocycles. The molecule has 1 saturated heterocycles. The number of hydrogen-bond donors (Lipinski definition) is 2. The van der Waals surface area contributed by atoms with E-state index in [2.05, 4.69) is 10.2 Å². The van der Waals surface area contributed by atoms with Crippen LogP contribution in [-0.4, -0.2) is 53.3 Å². The van der Waals surface area contributed by atoms with E-state index in [1.807, 2.05) is 6.07 Å². The Morgan fingerprint density at radius 3 is 2.59 bits per heavy atom. The van der Waals surface area contributed by atoms with Crippen molar-refractivity contribution >= 4 is 11.6 Å². The number of nitrogens with one attached hydrogen (secondary N) is 1. The standard InChI is InChI=1S/C20H25N3O4/c1-15-14-17(24)18(19(25)21-16-6-3-2-4-7-16)20(26)23(15)9-5-8-22-10-12-27-13-11-22/h2-4,6-7,14,24H,5,8-13H2,1H3,(H,21,25). The Morgan fingerprint density at radius 1 is 1.19 bits per heavy atom. The summed E-state index contributed by atoms with van der Waals surface area (Å²) in [6, 6.07) is 10.3. The van der Waals surface area contributed by atoms with E-state index in [0.29, 0.717) is 17.9 Å². The molecule has 1 fully saturated rings. The van der Waals surface area contributed by atoms with Gasteiger partial charge in [0.25, 0.3) is 11.5 Å². The first-order chi connectivity index (χ1) is 13.1. The highest BCUT2D eigenvalue weighted by atomic mass is 16.5. The monoisotopic (exact) mass is 371 g/mol. The SMILES string of the molecule is Cc1cc(O)c(C(=O)Nc2ccccc2)c(=O)n1CCCN1CCOCC1. The molecule has 1 amide bonds. The van der Waals surface area contributed by atoms with Crippen LogP contribution in [-0.2, 0) is 11.3 Å². The predicted octanol–water partition coefficient (Wildman–Crippen LogP) is 1.84. The molecule has 7 heteroatoms. The number of aryl methyl sites for hydroxylation is 1. The van der Waals surface area contributed by atoms with Crippen LogP contribution in [0.1, 0.15) is 22.5 Å². The van der Waals surface area contributed by atoms with Gasteiger partial charge in [0.2, 0.25) is 0 Å². The smallest absolute Gasteiger partial charge is 0.267 e. The van der Waals surface area contributed by atoms with Gasteiger partial charge in [-0.05, 0) is 25.5 Å². The Hall–Kier alpha value is -2.64. The largest absolute Gasteiger partial charge is 0.507 e. The van der Waals surface area contributed by atoms with Crippen molar-refractivity contribution in [1.29, 1.82) is 0 Å². The van der Waals surface area contributed by atoms with Crippen LogP contribution in [0.25, 0.3) is 0 Å². The fourth-order valence-corrected chi connectivity index (χ4v) is 3.24. The van der Waals surface area contributed by atoms with Gasteiger partial charge in [-0.2, -0.15) is 0 Å². The van der Waals surface area contributed by atoms with Crippen molar-refractivity contribution in [2.45, 2.75) is 19.9 Å². The molecule has 3 rings (SSSR count). The van der Waals surface area contributed by atoms with Gasteiger partial charge in [-0.3, -0.25) is 14.5 Å².